The topological polar surface area (TPSA) is 53.4 Å². The lowest BCUT2D eigenvalue weighted by Crippen LogP contribution is -2.25. The Morgan fingerprint density at radius 1 is 1.24 bits per heavy atom. The summed E-state index contributed by atoms with van der Waals surface area (Å²) >= 11 is 5.80. The van der Waals surface area contributed by atoms with E-state index in [9.17, 15) is 4.79 Å². The molecule has 1 fully saturated rings. The fourth-order valence-corrected chi connectivity index (χ4v) is 2.24. The summed E-state index contributed by atoms with van der Waals surface area (Å²) in [5.74, 6) is -0.361. The molecule has 0 saturated carbocycles. The number of hydrogen-bond donors (Lipinski definition) is 1. The number of aromatic carboxylic acids is 1. The van der Waals surface area contributed by atoms with Crippen LogP contribution in [0.15, 0.2) is 12.1 Å². The van der Waals surface area contributed by atoms with E-state index in [-0.39, 0.29) is 10.7 Å². The molecule has 5 heteroatoms. The van der Waals surface area contributed by atoms with Crippen molar-refractivity contribution in [1.82, 2.24) is 4.98 Å². The van der Waals surface area contributed by atoms with Crippen LogP contribution in [0.4, 0.5) is 5.82 Å². The first-order valence-corrected chi connectivity index (χ1v) is 6.21. The van der Waals surface area contributed by atoms with Gasteiger partial charge < -0.3 is 10.0 Å². The van der Waals surface area contributed by atoms with E-state index in [1.807, 2.05) is 0 Å². The normalized spacial score (nSPS) is 16.6. The zero-order chi connectivity index (χ0) is 12.3. The second-order valence-electron chi connectivity index (χ2n) is 4.21. The van der Waals surface area contributed by atoms with Crippen molar-refractivity contribution >= 4 is 23.4 Å². The van der Waals surface area contributed by atoms with Gasteiger partial charge in [0.25, 0.3) is 0 Å². The number of carboxylic acids is 1. The first kappa shape index (κ1) is 12.2. The number of halogens is 1. The molecule has 1 aliphatic heterocycles. The number of rotatable bonds is 2. The Kier molecular flexibility index (Phi) is 3.84. The van der Waals surface area contributed by atoms with Crippen LogP contribution in [0.25, 0.3) is 0 Å². The van der Waals surface area contributed by atoms with Crippen LogP contribution in [0.1, 0.15) is 36.2 Å². The van der Waals surface area contributed by atoms with Crippen molar-refractivity contribution in [3.05, 3.63) is 22.8 Å². The van der Waals surface area contributed by atoms with Crippen LogP contribution in [-0.4, -0.2) is 29.1 Å². The van der Waals surface area contributed by atoms with Gasteiger partial charge in [0.2, 0.25) is 0 Å². The van der Waals surface area contributed by atoms with Crippen LogP contribution in [0.3, 0.4) is 0 Å². The second-order valence-corrected chi connectivity index (χ2v) is 4.61. The van der Waals surface area contributed by atoms with Gasteiger partial charge in [-0.05, 0) is 25.0 Å². The molecule has 0 atom stereocenters. The van der Waals surface area contributed by atoms with Gasteiger partial charge in [0.05, 0.1) is 5.02 Å². The summed E-state index contributed by atoms with van der Waals surface area (Å²) in [6, 6.07) is 3.40. The number of aromatic nitrogens is 1. The number of nitrogens with zero attached hydrogens (tertiary/aromatic N) is 2. The largest absolute Gasteiger partial charge is 0.476 e. The van der Waals surface area contributed by atoms with Gasteiger partial charge in [-0.25, -0.2) is 9.78 Å². The van der Waals surface area contributed by atoms with Crippen LogP contribution in [0.5, 0.6) is 0 Å². The zero-order valence-corrected chi connectivity index (χ0v) is 10.3. The predicted molar refractivity (Wildman–Crippen MR) is 66.9 cm³/mol. The summed E-state index contributed by atoms with van der Waals surface area (Å²) in [4.78, 5) is 17.2. The molecule has 2 heterocycles. The molecule has 1 aromatic rings. The smallest absolute Gasteiger partial charge is 0.356 e. The van der Waals surface area contributed by atoms with Gasteiger partial charge >= 0.3 is 5.97 Å². The third-order valence-electron chi connectivity index (χ3n) is 2.96. The van der Waals surface area contributed by atoms with Gasteiger partial charge in [-0.15, -0.1) is 0 Å². The standard InChI is InChI=1S/C12H15ClN2O2/c13-9-5-6-10(14-11(9)12(16)17)15-7-3-1-2-4-8-15/h5-6H,1-4,7-8H2,(H,16,17). The molecule has 0 aliphatic carbocycles. The molecule has 2 rings (SSSR count). The van der Waals surface area contributed by atoms with Gasteiger partial charge in [-0.1, -0.05) is 24.4 Å². The number of pyridine rings is 1. The molecular formula is C12H15ClN2O2. The third-order valence-corrected chi connectivity index (χ3v) is 3.27. The Hall–Kier alpha value is -1.29. The highest BCUT2D eigenvalue weighted by Crippen LogP contribution is 2.21. The fraction of sp³-hybridized carbons (Fsp3) is 0.500. The molecule has 4 nitrogen and oxygen atoms in total. The van der Waals surface area contributed by atoms with Gasteiger partial charge in [0.15, 0.2) is 5.69 Å². The molecule has 17 heavy (non-hydrogen) atoms. The highest BCUT2D eigenvalue weighted by Gasteiger charge is 2.16. The average Bonchev–Trinajstić information content (AvgIpc) is 2.58. The van der Waals surface area contributed by atoms with E-state index in [1.165, 1.54) is 12.8 Å². The number of hydrogen-bond acceptors (Lipinski definition) is 3. The summed E-state index contributed by atoms with van der Waals surface area (Å²) in [7, 11) is 0. The lowest BCUT2D eigenvalue weighted by molar-refractivity contribution is 0.0691. The quantitative estimate of drug-likeness (QED) is 0.882. The Labute approximate surface area is 105 Å². The molecule has 1 N–H and O–H groups in total. The monoisotopic (exact) mass is 254 g/mol. The van der Waals surface area contributed by atoms with Crippen molar-refractivity contribution in [1.29, 1.82) is 0 Å². The maximum Gasteiger partial charge on any atom is 0.356 e. The summed E-state index contributed by atoms with van der Waals surface area (Å²) in [5.41, 5.74) is -0.0617. The average molecular weight is 255 g/mol. The van der Waals surface area contributed by atoms with Gasteiger partial charge in [-0.2, -0.15) is 0 Å². The van der Waals surface area contributed by atoms with E-state index in [0.717, 1.165) is 25.9 Å². The molecule has 0 unspecified atom stereocenters. The van der Waals surface area contributed by atoms with E-state index in [2.05, 4.69) is 9.88 Å². The molecular weight excluding hydrogens is 240 g/mol. The molecule has 1 aromatic heterocycles. The molecule has 92 valence electrons. The van der Waals surface area contributed by atoms with E-state index in [1.54, 1.807) is 12.1 Å². The highest BCUT2D eigenvalue weighted by atomic mass is 35.5. The maximum atomic E-state index is 11.0. The van der Waals surface area contributed by atoms with Gasteiger partial charge in [-0.3, -0.25) is 0 Å². The van der Waals surface area contributed by atoms with Crippen LogP contribution in [-0.2, 0) is 0 Å². The minimum atomic E-state index is -1.08. The first-order chi connectivity index (χ1) is 8.18. The molecule has 1 saturated heterocycles. The zero-order valence-electron chi connectivity index (χ0n) is 9.53. The Balaban J connectivity index is 2.25. The van der Waals surface area contributed by atoms with Crippen molar-refractivity contribution in [2.45, 2.75) is 25.7 Å². The lowest BCUT2D eigenvalue weighted by Gasteiger charge is -2.21. The summed E-state index contributed by atoms with van der Waals surface area (Å²) < 4.78 is 0. The van der Waals surface area contributed by atoms with Crippen molar-refractivity contribution in [3.8, 4) is 0 Å². The lowest BCUT2D eigenvalue weighted by atomic mass is 10.2. The van der Waals surface area contributed by atoms with Crippen LogP contribution < -0.4 is 4.90 Å². The van der Waals surface area contributed by atoms with Gasteiger partial charge in [0, 0.05) is 13.1 Å². The van der Waals surface area contributed by atoms with Crippen molar-refractivity contribution < 1.29 is 9.90 Å². The van der Waals surface area contributed by atoms with E-state index >= 15 is 0 Å². The minimum absolute atomic E-state index is 0.0617. The molecule has 1 aliphatic rings. The molecule has 0 amide bonds. The van der Waals surface area contributed by atoms with Gasteiger partial charge in [0.1, 0.15) is 5.82 Å². The molecule has 0 radical (unpaired) electrons. The number of anilines is 1. The Morgan fingerprint density at radius 3 is 2.47 bits per heavy atom. The summed E-state index contributed by atoms with van der Waals surface area (Å²) in [6.07, 6.45) is 4.73. The third kappa shape index (κ3) is 2.88. The van der Waals surface area contributed by atoms with Crippen molar-refractivity contribution in [2.75, 3.05) is 18.0 Å². The number of carboxylic acid groups (broad SMARTS) is 1. The van der Waals surface area contributed by atoms with E-state index in [4.69, 9.17) is 16.7 Å². The van der Waals surface area contributed by atoms with E-state index in [0.29, 0.717) is 5.82 Å². The Bertz CT molecular complexity index is 415. The first-order valence-electron chi connectivity index (χ1n) is 5.83. The maximum absolute atomic E-state index is 11.0. The van der Waals surface area contributed by atoms with Crippen LogP contribution in [0, 0.1) is 0 Å². The van der Waals surface area contributed by atoms with E-state index < -0.39 is 5.97 Å². The summed E-state index contributed by atoms with van der Waals surface area (Å²) in [6.45, 7) is 1.88. The molecule has 0 spiro atoms. The predicted octanol–water partition coefficient (Wildman–Crippen LogP) is 2.81. The highest BCUT2D eigenvalue weighted by molar-refractivity contribution is 6.33. The van der Waals surface area contributed by atoms with Crippen LogP contribution in [0.2, 0.25) is 5.02 Å². The second kappa shape index (κ2) is 5.36. The molecule has 0 aromatic carbocycles. The Morgan fingerprint density at radius 2 is 1.88 bits per heavy atom. The fourth-order valence-electron chi connectivity index (χ4n) is 2.06. The SMILES string of the molecule is O=C(O)c1nc(N2CCCCCC2)ccc1Cl. The van der Waals surface area contributed by atoms with Crippen molar-refractivity contribution in [2.24, 2.45) is 0 Å². The molecule has 0 bridgehead atoms. The summed E-state index contributed by atoms with van der Waals surface area (Å²) in [5, 5.41) is 9.17. The minimum Gasteiger partial charge on any atom is -0.476 e. The van der Waals surface area contributed by atoms with Crippen molar-refractivity contribution in [3.63, 3.8) is 0 Å². The van der Waals surface area contributed by atoms with Crippen LogP contribution >= 0.6 is 11.6 Å². The number of carbonyl (C=O) groups is 1.